The normalized spacial score (nSPS) is 35.7. The van der Waals surface area contributed by atoms with E-state index >= 15 is 4.79 Å². The van der Waals surface area contributed by atoms with Gasteiger partial charge in [-0.15, -0.1) is 0 Å². The zero-order valence-electron chi connectivity index (χ0n) is 33.6. The Hall–Kier alpha value is -4.16. The number of fused-ring (bicyclic) bond motifs is 6. The average Bonchev–Trinajstić information content (AvgIpc) is 3.87. The third kappa shape index (κ3) is 4.77. The molecule has 1 aromatic heterocycles. The van der Waals surface area contributed by atoms with E-state index in [0.717, 1.165) is 84.5 Å². The minimum atomic E-state index is -1.83. The van der Waals surface area contributed by atoms with Gasteiger partial charge < -0.3 is 34.3 Å². The van der Waals surface area contributed by atoms with Crippen LogP contribution in [0.25, 0.3) is 10.9 Å². The number of nitrogens with one attached hydrogen (secondary N) is 1. The Morgan fingerprint density at radius 2 is 1.88 bits per heavy atom. The van der Waals surface area contributed by atoms with Crippen LogP contribution >= 0.6 is 0 Å². The van der Waals surface area contributed by atoms with Gasteiger partial charge in [0.15, 0.2) is 0 Å². The molecular formula is C45H56N4O7. The Kier molecular flexibility index (Phi) is 8.82. The minimum absolute atomic E-state index is 0.0542. The van der Waals surface area contributed by atoms with E-state index in [4.69, 9.17) is 14.2 Å². The van der Waals surface area contributed by atoms with Crippen LogP contribution in [0, 0.1) is 11.3 Å². The molecule has 1 unspecified atom stereocenters. The van der Waals surface area contributed by atoms with Crippen LogP contribution < -0.4 is 9.64 Å². The van der Waals surface area contributed by atoms with Gasteiger partial charge in [-0.25, -0.2) is 0 Å². The molecule has 298 valence electrons. The summed E-state index contributed by atoms with van der Waals surface area (Å²) in [5.74, 6) is -0.241. The molecule has 2 aromatic carbocycles. The van der Waals surface area contributed by atoms with E-state index in [1.54, 1.807) is 7.11 Å². The number of aromatic nitrogens is 1. The summed E-state index contributed by atoms with van der Waals surface area (Å²) in [5, 5.41) is 25.6. The summed E-state index contributed by atoms with van der Waals surface area (Å²) in [6.45, 7) is 9.16. The topological polar surface area (TPSA) is 128 Å². The molecule has 3 N–H and O–H groups in total. The monoisotopic (exact) mass is 764 g/mol. The summed E-state index contributed by atoms with van der Waals surface area (Å²) < 4.78 is 18.5. The lowest BCUT2D eigenvalue weighted by molar-refractivity contribution is -0.228. The Labute approximate surface area is 329 Å². The molecule has 3 aromatic rings. The number of carbonyl (C=O) groups is 2. The largest absolute Gasteiger partial charge is 0.496 e. The van der Waals surface area contributed by atoms with Crippen LogP contribution in [-0.4, -0.2) is 121 Å². The summed E-state index contributed by atoms with van der Waals surface area (Å²) in [5.41, 5.74) is 2.27. The predicted molar refractivity (Wildman–Crippen MR) is 214 cm³/mol. The van der Waals surface area contributed by atoms with Crippen LogP contribution in [-0.2, 0) is 36.3 Å². The number of para-hydroxylation sites is 1. The zero-order valence-corrected chi connectivity index (χ0v) is 33.6. The molecule has 9 atom stereocenters. The molecule has 5 aliphatic heterocycles. The summed E-state index contributed by atoms with van der Waals surface area (Å²) in [6, 6.07) is 11.7. The van der Waals surface area contributed by atoms with Crippen molar-refractivity contribution in [3.05, 3.63) is 82.6 Å². The van der Waals surface area contributed by atoms with Crippen molar-refractivity contribution < 1.29 is 34.0 Å². The molecule has 1 spiro atoms. The van der Waals surface area contributed by atoms with Crippen molar-refractivity contribution in [2.24, 2.45) is 11.3 Å². The molecule has 11 nitrogen and oxygen atoms in total. The molecule has 11 heteroatoms. The lowest BCUT2D eigenvalue weighted by Crippen LogP contribution is -2.80. The van der Waals surface area contributed by atoms with E-state index < -0.39 is 46.6 Å². The first-order chi connectivity index (χ1) is 27.0. The third-order valence-electron chi connectivity index (χ3n) is 14.9. The molecular weight excluding hydrogens is 709 g/mol. The standard InChI is InChI=1S/C45H56N4O7/c1-7-28-20-29-23-44(41(52)55-6,37-31(14-18-48(24-28)25-29)30-12-9-10-13-34(30)46-37)33-21-32-35(22-36(33)54-5)47(4)39-43(32)16-19-49-17-11-15-42(8-2,38(43)49)40(56-27(3)51)45(39,53)26-50/h9-13,15,20-22,29,38-40,46,50,53H,7-8,14,16-19,23-26H2,1-6H3/t29-,38-,39+,40+,42+,43+,44-,45-/m0/s1. The zero-order chi connectivity index (χ0) is 39.4. The van der Waals surface area contributed by atoms with Crippen LogP contribution in [0.1, 0.15) is 68.8 Å². The van der Waals surface area contributed by atoms with E-state index in [0.29, 0.717) is 25.0 Å². The van der Waals surface area contributed by atoms with Crippen LogP contribution in [0.15, 0.2) is 60.2 Å². The Bertz CT molecular complexity index is 2160. The van der Waals surface area contributed by atoms with E-state index in [-0.39, 0.29) is 17.9 Å². The fourth-order valence-corrected chi connectivity index (χ4v) is 13.0. The highest BCUT2D eigenvalue weighted by atomic mass is 16.6. The van der Waals surface area contributed by atoms with Gasteiger partial charge in [-0.05, 0) is 67.8 Å². The van der Waals surface area contributed by atoms with Crippen molar-refractivity contribution in [1.29, 1.82) is 0 Å². The fourth-order valence-electron chi connectivity index (χ4n) is 13.0. The van der Waals surface area contributed by atoms with Gasteiger partial charge in [0, 0.05) is 90.9 Å². The molecule has 6 aliphatic rings. The summed E-state index contributed by atoms with van der Waals surface area (Å²) in [4.78, 5) is 39.0. The molecule has 0 amide bonds. The van der Waals surface area contributed by atoms with Gasteiger partial charge in [-0.3, -0.25) is 19.4 Å². The quantitative estimate of drug-likeness (QED) is 0.232. The third-order valence-corrected chi connectivity index (χ3v) is 14.9. The first-order valence-corrected chi connectivity index (χ1v) is 20.5. The van der Waals surface area contributed by atoms with Gasteiger partial charge >= 0.3 is 11.9 Å². The van der Waals surface area contributed by atoms with Crippen molar-refractivity contribution in [3.63, 3.8) is 0 Å². The average molecular weight is 765 g/mol. The lowest BCUT2D eigenvalue weighted by atomic mass is 9.47. The van der Waals surface area contributed by atoms with Crippen molar-refractivity contribution in [1.82, 2.24) is 14.8 Å². The van der Waals surface area contributed by atoms with Gasteiger partial charge in [0.25, 0.3) is 0 Å². The highest BCUT2D eigenvalue weighted by molar-refractivity contribution is 5.94. The summed E-state index contributed by atoms with van der Waals surface area (Å²) in [6.07, 6.45) is 9.10. The van der Waals surface area contributed by atoms with Crippen LogP contribution in [0.2, 0.25) is 0 Å². The molecule has 1 saturated carbocycles. The number of rotatable bonds is 7. The van der Waals surface area contributed by atoms with Crippen molar-refractivity contribution in [2.75, 3.05) is 65.5 Å². The number of carbonyl (C=O) groups excluding carboxylic acids is 2. The molecule has 2 bridgehead atoms. The minimum Gasteiger partial charge on any atom is -0.496 e. The number of aliphatic hydroxyl groups is 2. The number of H-pyrrole nitrogens is 1. The summed E-state index contributed by atoms with van der Waals surface area (Å²) >= 11 is 0. The number of likely N-dealkylation sites (N-methyl/N-ethyl adjacent to an activating group) is 1. The number of aliphatic hydroxyl groups excluding tert-OH is 1. The number of aromatic amines is 1. The highest BCUT2D eigenvalue weighted by Crippen LogP contribution is 2.68. The second-order valence-corrected chi connectivity index (χ2v) is 17.3. The fraction of sp³-hybridized carbons (Fsp3) is 0.556. The van der Waals surface area contributed by atoms with Gasteiger partial charge in [0.2, 0.25) is 0 Å². The first-order valence-electron chi connectivity index (χ1n) is 20.5. The Morgan fingerprint density at radius 3 is 2.59 bits per heavy atom. The number of esters is 2. The van der Waals surface area contributed by atoms with Gasteiger partial charge in [-0.1, -0.05) is 55.8 Å². The maximum absolute atomic E-state index is 15.2. The number of hydrogen-bond donors (Lipinski definition) is 3. The number of hydrogen-bond acceptors (Lipinski definition) is 10. The molecule has 1 aliphatic carbocycles. The van der Waals surface area contributed by atoms with Crippen molar-refractivity contribution in [2.45, 2.75) is 87.5 Å². The van der Waals surface area contributed by atoms with E-state index in [1.165, 1.54) is 19.6 Å². The lowest BCUT2D eigenvalue weighted by Gasteiger charge is -2.64. The Morgan fingerprint density at radius 1 is 1.07 bits per heavy atom. The predicted octanol–water partition coefficient (Wildman–Crippen LogP) is 4.62. The maximum Gasteiger partial charge on any atom is 0.322 e. The smallest absolute Gasteiger partial charge is 0.322 e. The van der Waals surface area contributed by atoms with Crippen molar-refractivity contribution >= 4 is 28.5 Å². The van der Waals surface area contributed by atoms with Gasteiger partial charge in [-0.2, -0.15) is 0 Å². The van der Waals surface area contributed by atoms with E-state index in [9.17, 15) is 15.0 Å². The second kappa shape index (κ2) is 13.2. The summed E-state index contributed by atoms with van der Waals surface area (Å²) in [7, 11) is 5.10. The Balaban J connectivity index is 1.36. The molecule has 9 rings (SSSR count). The van der Waals surface area contributed by atoms with Gasteiger partial charge in [0.1, 0.15) is 22.9 Å². The molecule has 2 fully saturated rings. The van der Waals surface area contributed by atoms with Crippen LogP contribution in [0.5, 0.6) is 5.75 Å². The van der Waals surface area contributed by atoms with E-state index in [2.05, 4.69) is 76.0 Å². The molecule has 6 heterocycles. The number of methoxy groups -OCH3 is 2. The molecule has 1 saturated heterocycles. The number of benzene rings is 2. The highest BCUT2D eigenvalue weighted by Gasteiger charge is 2.78. The molecule has 0 radical (unpaired) electrons. The van der Waals surface area contributed by atoms with Gasteiger partial charge in [0.05, 0.1) is 26.9 Å². The SMILES string of the molecule is CCC1=C[C@@H]2CN(CCc3c([nH]c4ccccc34)[C@@](C(=O)OC)(c3cc4c(cc3OC)N(C)[C@H]3[C@@](O)(CO)[C@H](OC(C)=O)[C@]5(CC)C=CCN6CC[C@]43[C@@H]65)C2)C1. The number of ether oxygens (including phenoxy) is 3. The maximum atomic E-state index is 15.2. The van der Waals surface area contributed by atoms with Crippen LogP contribution in [0.4, 0.5) is 5.69 Å². The second-order valence-electron chi connectivity index (χ2n) is 17.3. The van der Waals surface area contributed by atoms with Crippen LogP contribution in [0.3, 0.4) is 0 Å². The van der Waals surface area contributed by atoms with Crippen molar-refractivity contribution in [3.8, 4) is 5.75 Å². The first kappa shape index (κ1) is 37.4. The number of nitrogens with zero attached hydrogens (tertiary/aromatic N) is 3. The molecule has 56 heavy (non-hydrogen) atoms. The number of anilines is 1. The van der Waals surface area contributed by atoms with E-state index in [1.807, 2.05) is 19.2 Å².